The summed E-state index contributed by atoms with van der Waals surface area (Å²) in [5.74, 6) is 0.0127. The number of nitrogens with zero attached hydrogens (tertiary/aromatic N) is 2. The highest BCUT2D eigenvalue weighted by Crippen LogP contribution is 2.36. The van der Waals surface area contributed by atoms with Gasteiger partial charge >= 0.3 is 0 Å². The fourth-order valence-corrected chi connectivity index (χ4v) is 2.91. The second kappa shape index (κ2) is 6.08. The summed E-state index contributed by atoms with van der Waals surface area (Å²) in [5.41, 5.74) is 7.06. The lowest BCUT2D eigenvalue weighted by molar-refractivity contribution is 0.446. The molecule has 0 radical (unpaired) electrons. The van der Waals surface area contributed by atoms with Crippen LogP contribution in [0, 0.1) is 5.82 Å². The third-order valence-corrected chi connectivity index (χ3v) is 4.01. The van der Waals surface area contributed by atoms with Gasteiger partial charge in [0, 0.05) is 23.6 Å². The van der Waals surface area contributed by atoms with Gasteiger partial charge in [-0.2, -0.15) is 0 Å². The molecule has 7 heteroatoms. The molecule has 0 spiro atoms. The van der Waals surface area contributed by atoms with E-state index in [4.69, 9.17) is 10.5 Å². The molecule has 2 N–H and O–H groups in total. The van der Waals surface area contributed by atoms with Gasteiger partial charge in [-0.3, -0.25) is 0 Å². The molecule has 0 aliphatic carbocycles. The van der Waals surface area contributed by atoms with Gasteiger partial charge in [-0.05, 0) is 30.2 Å². The van der Waals surface area contributed by atoms with Crippen molar-refractivity contribution >= 4 is 29.1 Å². The molecule has 2 heterocycles. The van der Waals surface area contributed by atoms with Crippen LogP contribution in [0.5, 0.6) is 11.5 Å². The molecular weight excluding hydrogens is 320 g/mol. The molecule has 4 nitrogen and oxygen atoms in total. The first-order chi connectivity index (χ1) is 11.0. The minimum Gasteiger partial charge on any atom is -0.453 e. The van der Waals surface area contributed by atoms with E-state index >= 15 is 0 Å². The van der Waals surface area contributed by atoms with Gasteiger partial charge in [-0.15, -0.1) is 3.89 Å². The molecule has 120 valence electrons. The second-order valence-corrected chi connectivity index (χ2v) is 5.93. The van der Waals surface area contributed by atoms with Crippen LogP contribution >= 0.6 is 12.3 Å². The summed E-state index contributed by atoms with van der Waals surface area (Å²) < 4.78 is 34.3. The van der Waals surface area contributed by atoms with Crippen molar-refractivity contribution in [2.75, 3.05) is 5.73 Å². The van der Waals surface area contributed by atoms with Gasteiger partial charge in [0.15, 0.2) is 29.5 Å². The average Bonchev–Trinajstić information content (AvgIpc) is 2.90. The van der Waals surface area contributed by atoms with E-state index in [1.165, 1.54) is 22.3 Å². The number of rotatable bonds is 4. The Kier molecular flexibility index (Phi) is 4.12. The molecule has 3 rings (SSSR count). The van der Waals surface area contributed by atoms with Gasteiger partial charge in [0.2, 0.25) is 0 Å². The van der Waals surface area contributed by atoms with Crippen molar-refractivity contribution in [2.24, 2.45) is 0 Å². The Morgan fingerprint density at radius 2 is 2.00 bits per heavy atom. The van der Waals surface area contributed by atoms with E-state index in [0.717, 1.165) is 5.69 Å². The van der Waals surface area contributed by atoms with E-state index in [2.05, 4.69) is 4.98 Å². The second-order valence-electron chi connectivity index (χ2n) is 5.43. The fraction of sp³-hybridized carbons (Fsp3) is 0.188. The standard InChI is InChI=1S/C16H15F2N3OS/c1-9(2)13-8-11-14(5-6-20-16(11)21(13)23-18)22-15-4-3-10(19)7-12(15)17/h3-9H,19H2,1-2H3. The topological polar surface area (TPSA) is 53.1 Å². The Hall–Kier alpha value is -2.28. The lowest BCUT2D eigenvalue weighted by Crippen LogP contribution is -1.96. The number of benzene rings is 1. The van der Waals surface area contributed by atoms with Crippen LogP contribution in [0.1, 0.15) is 25.5 Å². The van der Waals surface area contributed by atoms with Crippen molar-refractivity contribution in [3.63, 3.8) is 0 Å². The van der Waals surface area contributed by atoms with Crippen molar-refractivity contribution < 1.29 is 13.0 Å². The fourth-order valence-electron chi connectivity index (χ4n) is 2.35. The van der Waals surface area contributed by atoms with Gasteiger partial charge in [-0.1, -0.05) is 13.8 Å². The normalized spacial score (nSPS) is 11.3. The number of nitrogen functional groups attached to an aromatic ring is 1. The van der Waals surface area contributed by atoms with Crippen LogP contribution in [0.15, 0.2) is 36.5 Å². The lowest BCUT2D eigenvalue weighted by atomic mass is 10.1. The first-order valence-corrected chi connectivity index (χ1v) is 7.71. The molecule has 2 aromatic heterocycles. The Bertz CT molecular complexity index is 864. The third-order valence-electron chi connectivity index (χ3n) is 3.48. The molecule has 1 aromatic carbocycles. The number of aromatic nitrogens is 2. The minimum absolute atomic E-state index is 0.0541. The number of hydrogen-bond acceptors (Lipinski definition) is 4. The van der Waals surface area contributed by atoms with Crippen LogP contribution in [0.25, 0.3) is 11.0 Å². The zero-order chi connectivity index (χ0) is 16.6. The maximum atomic E-state index is 13.9. The Morgan fingerprint density at radius 1 is 1.22 bits per heavy atom. The summed E-state index contributed by atoms with van der Waals surface area (Å²) in [6.07, 6.45) is 1.50. The smallest absolute Gasteiger partial charge is 0.171 e. The highest BCUT2D eigenvalue weighted by atomic mass is 32.2. The van der Waals surface area contributed by atoms with Crippen LogP contribution in [0.2, 0.25) is 0 Å². The van der Waals surface area contributed by atoms with Gasteiger partial charge in [0.25, 0.3) is 0 Å². The molecule has 0 unspecified atom stereocenters. The number of fused-ring (bicyclic) bond motifs is 1. The first kappa shape index (κ1) is 15.6. The zero-order valence-electron chi connectivity index (χ0n) is 12.6. The van der Waals surface area contributed by atoms with Crippen LogP contribution in [0.3, 0.4) is 0 Å². The largest absolute Gasteiger partial charge is 0.453 e. The molecule has 0 bridgehead atoms. The van der Waals surface area contributed by atoms with E-state index in [0.29, 0.717) is 22.5 Å². The first-order valence-electron chi connectivity index (χ1n) is 7.03. The number of nitrogens with two attached hydrogens (primary N) is 1. The Morgan fingerprint density at radius 3 is 2.65 bits per heavy atom. The minimum atomic E-state index is -0.557. The van der Waals surface area contributed by atoms with Crippen LogP contribution in [-0.2, 0) is 0 Å². The zero-order valence-corrected chi connectivity index (χ0v) is 13.4. The van der Waals surface area contributed by atoms with Crippen molar-refractivity contribution in [2.45, 2.75) is 19.8 Å². The predicted octanol–water partition coefficient (Wildman–Crippen LogP) is 5.05. The average molecular weight is 335 g/mol. The molecule has 23 heavy (non-hydrogen) atoms. The number of ether oxygens (including phenoxy) is 1. The predicted molar refractivity (Wildman–Crippen MR) is 88.8 cm³/mol. The van der Waals surface area contributed by atoms with Crippen LogP contribution in [0.4, 0.5) is 14.0 Å². The van der Waals surface area contributed by atoms with Gasteiger partial charge in [-0.25, -0.2) is 13.3 Å². The van der Waals surface area contributed by atoms with E-state index in [1.807, 2.05) is 19.9 Å². The van der Waals surface area contributed by atoms with Crippen molar-refractivity contribution in [1.82, 2.24) is 8.96 Å². The molecule has 0 aliphatic rings. The summed E-state index contributed by atoms with van der Waals surface area (Å²) in [4.78, 5) is 4.20. The van der Waals surface area contributed by atoms with Crippen molar-refractivity contribution in [3.8, 4) is 11.5 Å². The molecule has 0 atom stereocenters. The van der Waals surface area contributed by atoms with Gasteiger partial charge < -0.3 is 10.5 Å². The summed E-state index contributed by atoms with van der Waals surface area (Å²) in [7, 11) is 0. The maximum absolute atomic E-state index is 13.9. The van der Waals surface area contributed by atoms with Crippen LogP contribution in [-0.4, -0.2) is 8.96 Å². The summed E-state index contributed by atoms with van der Waals surface area (Å²) in [5, 5.41) is 0.623. The number of hydrogen-bond donors (Lipinski definition) is 1. The maximum Gasteiger partial charge on any atom is 0.171 e. The lowest BCUT2D eigenvalue weighted by Gasteiger charge is -2.08. The monoisotopic (exact) mass is 335 g/mol. The van der Waals surface area contributed by atoms with E-state index in [1.54, 1.807) is 12.1 Å². The molecule has 0 amide bonds. The van der Waals surface area contributed by atoms with E-state index in [9.17, 15) is 8.28 Å². The molecule has 0 saturated heterocycles. The molecule has 0 aliphatic heterocycles. The van der Waals surface area contributed by atoms with Crippen molar-refractivity contribution in [3.05, 3.63) is 48.0 Å². The van der Waals surface area contributed by atoms with Gasteiger partial charge in [0.05, 0.1) is 5.39 Å². The third kappa shape index (κ3) is 2.84. The summed E-state index contributed by atoms with van der Waals surface area (Å²) >= 11 is 0.0880. The SMILES string of the molecule is CC(C)c1cc2c(Oc3ccc(N)cc3F)ccnc2n1SF. The summed E-state index contributed by atoms with van der Waals surface area (Å²) in [6, 6.07) is 7.63. The molecular formula is C16H15F2N3OS. The molecule has 0 saturated carbocycles. The summed E-state index contributed by atoms with van der Waals surface area (Å²) in [6.45, 7) is 3.92. The van der Waals surface area contributed by atoms with Gasteiger partial charge in [0.1, 0.15) is 5.75 Å². The molecule has 3 aromatic rings. The Labute approximate surface area is 136 Å². The quantitative estimate of drug-likeness (QED) is 0.678. The number of pyridine rings is 1. The number of anilines is 1. The number of halogens is 2. The Balaban J connectivity index is 2.11. The molecule has 0 fully saturated rings. The van der Waals surface area contributed by atoms with Crippen LogP contribution < -0.4 is 10.5 Å². The highest BCUT2D eigenvalue weighted by Gasteiger charge is 2.17. The van der Waals surface area contributed by atoms with E-state index in [-0.39, 0.29) is 24.0 Å². The highest BCUT2D eigenvalue weighted by molar-refractivity contribution is 7.92. The van der Waals surface area contributed by atoms with E-state index < -0.39 is 5.82 Å². The van der Waals surface area contributed by atoms with Crippen molar-refractivity contribution in [1.29, 1.82) is 0 Å².